The lowest BCUT2D eigenvalue weighted by Gasteiger charge is -2.26. The molecule has 2 amide bonds. The minimum absolute atomic E-state index is 0.00335. The molecule has 2 fully saturated rings. The second kappa shape index (κ2) is 9.27. The third-order valence-electron chi connectivity index (χ3n) is 5.86. The summed E-state index contributed by atoms with van der Waals surface area (Å²) in [6.07, 6.45) is 5.81. The first-order valence-electron chi connectivity index (χ1n) is 10.6. The molecule has 1 aromatic heterocycles. The number of carbonyl (C=O) groups excluding carboxylic acids is 2. The van der Waals surface area contributed by atoms with E-state index in [1.54, 1.807) is 17.2 Å². The molecule has 0 saturated carbocycles. The monoisotopic (exact) mass is 395 g/mol. The topological polar surface area (TPSA) is 65.8 Å². The lowest BCUT2D eigenvalue weighted by molar-refractivity contribution is -0.129. The average molecular weight is 396 g/mol. The maximum atomic E-state index is 12.5. The van der Waals surface area contributed by atoms with Crippen LogP contribution in [0.1, 0.15) is 42.6 Å². The molecule has 2 saturated heterocycles. The fraction of sp³-hybridized carbons (Fsp3) is 0.478. The van der Waals surface area contributed by atoms with Gasteiger partial charge in [0, 0.05) is 26.1 Å². The number of benzene rings is 1. The summed E-state index contributed by atoms with van der Waals surface area (Å²) >= 11 is 0. The first-order valence-corrected chi connectivity index (χ1v) is 10.6. The summed E-state index contributed by atoms with van der Waals surface area (Å²) < 4.78 is 5.30. The van der Waals surface area contributed by atoms with Gasteiger partial charge in [0.2, 0.25) is 11.8 Å². The van der Waals surface area contributed by atoms with Gasteiger partial charge in [-0.15, -0.1) is 0 Å². The largest absolute Gasteiger partial charge is 0.467 e. The van der Waals surface area contributed by atoms with Crippen LogP contribution in [-0.4, -0.2) is 41.2 Å². The molecule has 6 nitrogen and oxygen atoms in total. The smallest absolute Gasteiger partial charge is 0.225 e. The lowest BCUT2D eigenvalue weighted by atomic mass is 10.1. The first kappa shape index (κ1) is 19.7. The van der Waals surface area contributed by atoms with Crippen molar-refractivity contribution in [2.45, 2.75) is 45.3 Å². The minimum Gasteiger partial charge on any atom is -0.467 e. The van der Waals surface area contributed by atoms with E-state index < -0.39 is 0 Å². The number of rotatable bonds is 7. The molecule has 0 spiro atoms. The van der Waals surface area contributed by atoms with E-state index in [1.165, 1.54) is 37.9 Å². The van der Waals surface area contributed by atoms with Crippen molar-refractivity contribution < 1.29 is 14.0 Å². The van der Waals surface area contributed by atoms with E-state index in [2.05, 4.69) is 34.5 Å². The summed E-state index contributed by atoms with van der Waals surface area (Å²) in [6, 6.07) is 12.1. The Morgan fingerprint density at radius 1 is 1.03 bits per heavy atom. The van der Waals surface area contributed by atoms with E-state index in [1.807, 2.05) is 6.07 Å². The minimum atomic E-state index is -0.296. The number of amides is 2. The maximum Gasteiger partial charge on any atom is 0.225 e. The Balaban J connectivity index is 1.23. The molecule has 6 heteroatoms. The van der Waals surface area contributed by atoms with Crippen LogP contribution in [0.25, 0.3) is 0 Å². The van der Waals surface area contributed by atoms with Crippen LogP contribution in [-0.2, 0) is 29.2 Å². The highest BCUT2D eigenvalue weighted by Gasteiger charge is 2.34. The molecule has 4 rings (SSSR count). The molecule has 29 heavy (non-hydrogen) atoms. The van der Waals surface area contributed by atoms with Crippen molar-refractivity contribution in [2.75, 3.05) is 19.6 Å². The van der Waals surface area contributed by atoms with Crippen molar-refractivity contribution in [1.82, 2.24) is 15.1 Å². The number of nitrogens with zero attached hydrogens (tertiary/aromatic N) is 2. The van der Waals surface area contributed by atoms with Crippen LogP contribution in [0.3, 0.4) is 0 Å². The van der Waals surface area contributed by atoms with E-state index in [0.717, 1.165) is 17.9 Å². The molecule has 2 aliphatic heterocycles. The number of hydrogen-bond donors (Lipinski definition) is 1. The Bertz CT molecular complexity index is 810. The number of hydrogen-bond acceptors (Lipinski definition) is 4. The SMILES string of the molecule is O=C(NCc1ccc(CN2CCCCC2)cc1)C1CC(=O)N(Cc2ccco2)C1. The Morgan fingerprint density at radius 3 is 2.52 bits per heavy atom. The molecule has 0 bridgehead atoms. The zero-order valence-electron chi connectivity index (χ0n) is 16.8. The number of piperidine rings is 1. The summed E-state index contributed by atoms with van der Waals surface area (Å²) in [5.41, 5.74) is 2.40. The van der Waals surface area contributed by atoms with Crippen LogP contribution in [0.4, 0.5) is 0 Å². The highest BCUT2D eigenvalue weighted by Crippen LogP contribution is 2.21. The standard InChI is InChI=1S/C23H29N3O3/c27-22-13-20(16-26(22)17-21-5-4-12-29-21)23(28)24-14-18-6-8-19(9-7-18)15-25-10-2-1-3-11-25/h4-9,12,20H,1-3,10-11,13-17H2,(H,24,28). The Hall–Kier alpha value is -2.60. The number of likely N-dealkylation sites (tertiary alicyclic amines) is 2. The lowest BCUT2D eigenvalue weighted by Crippen LogP contribution is -2.32. The van der Waals surface area contributed by atoms with Crippen molar-refractivity contribution in [3.05, 3.63) is 59.5 Å². The van der Waals surface area contributed by atoms with Gasteiger partial charge in [0.25, 0.3) is 0 Å². The van der Waals surface area contributed by atoms with Crippen molar-refractivity contribution in [3.63, 3.8) is 0 Å². The van der Waals surface area contributed by atoms with E-state index in [9.17, 15) is 9.59 Å². The normalized spacial score (nSPS) is 20.2. The van der Waals surface area contributed by atoms with Gasteiger partial charge >= 0.3 is 0 Å². The van der Waals surface area contributed by atoms with Crippen LogP contribution in [0.15, 0.2) is 47.1 Å². The van der Waals surface area contributed by atoms with Gasteiger partial charge in [0.1, 0.15) is 5.76 Å². The van der Waals surface area contributed by atoms with E-state index in [4.69, 9.17) is 4.42 Å². The molecule has 154 valence electrons. The Labute approximate surface area is 171 Å². The summed E-state index contributed by atoms with van der Waals surface area (Å²) in [7, 11) is 0. The summed E-state index contributed by atoms with van der Waals surface area (Å²) in [5, 5.41) is 2.99. The summed E-state index contributed by atoms with van der Waals surface area (Å²) in [6.45, 7) is 4.74. The Kier molecular flexibility index (Phi) is 6.30. The van der Waals surface area contributed by atoms with Gasteiger partial charge in [-0.25, -0.2) is 0 Å². The molecule has 3 heterocycles. The van der Waals surface area contributed by atoms with Gasteiger partial charge < -0.3 is 14.6 Å². The maximum absolute atomic E-state index is 12.5. The average Bonchev–Trinajstić information content (AvgIpc) is 3.38. The van der Waals surface area contributed by atoms with Crippen LogP contribution in [0.2, 0.25) is 0 Å². The Morgan fingerprint density at radius 2 is 1.79 bits per heavy atom. The van der Waals surface area contributed by atoms with Crippen molar-refractivity contribution in [2.24, 2.45) is 5.92 Å². The molecule has 1 unspecified atom stereocenters. The van der Waals surface area contributed by atoms with Crippen molar-refractivity contribution in [3.8, 4) is 0 Å². The first-order chi connectivity index (χ1) is 14.2. The molecule has 2 aliphatic rings. The summed E-state index contributed by atoms with van der Waals surface area (Å²) in [4.78, 5) is 28.9. The van der Waals surface area contributed by atoms with Gasteiger partial charge in [-0.3, -0.25) is 14.5 Å². The van der Waals surface area contributed by atoms with Gasteiger partial charge in [0.15, 0.2) is 0 Å². The second-order valence-corrected chi connectivity index (χ2v) is 8.13. The molecular weight excluding hydrogens is 366 g/mol. The van der Waals surface area contributed by atoms with Crippen LogP contribution >= 0.6 is 0 Å². The van der Waals surface area contributed by atoms with Crippen molar-refractivity contribution in [1.29, 1.82) is 0 Å². The molecule has 2 aromatic rings. The molecule has 0 aliphatic carbocycles. The number of furan rings is 1. The van der Waals surface area contributed by atoms with Crippen LogP contribution in [0.5, 0.6) is 0 Å². The van der Waals surface area contributed by atoms with Crippen LogP contribution < -0.4 is 5.32 Å². The predicted molar refractivity (Wildman–Crippen MR) is 110 cm³/mol. The predicted octanol–water partition coefficient (Wildman–Crippen LogP) is 2.93. The molecule has 1 aromatic carbocycles. The van der Waals surface area contributed by atoms with Gasteiger partial charge in [-0.1, -0.05) is 30.7 Å². The zero-order valence-corrected chi connectivity index (χ0v) is 16.8. The number of carbonyl (C=O) groups is 2. The fourth-order valence-corrected chi connectivity index (χ4v) is 4.16. The molecule has 0 radical (unpaired) electrons. The number of nitrogens with one attached hydrogen (secondary N) is 1. The highest BCUT2D eigenvalue weighted by molar-refractivity contribution is 5.89. The van der Waals surface area contributed by atoms with E-state index in [-0.39, 0.29) is 24.2 Å². The fourth-order valence-electron chi connectivity index (χ4n) is 4.16. The third-order valence-corrected chi connectivity index (χ3v) is 5.86. The van der Waals surface area contributed by atoms with Gasteiger partial charge in [-0.05, 0) is 49.2 Å². The van der Waals surface area contributed by atoms with E-state index in [0.29, 0.717) is 19.6 Å². The third kappa shape index (κ3) is 5.26. The molecule has 1 N–H and O–H groups in total. The van der Waals surface area contributed by atoms with Gasteiger partial charge in [-0.2, -0.15) is 0 Å². The zero-order chi connectivity index (χ0) is 20.1. The summed E-state index contributed by atoms with van der Waals surface area (Å²) in [5.74, 6) is 0.390. The van der Waals surface area contributed by atoms with E-state index >= 15 is 0 Å². The van der Waals surface area contributed by atoms with Crippen molar-refractivity contribution >= 4 is 11.8 Å². The highest BCUT2D eigenvalue weighted by atomic mass is 16.3. The second-order valence-electron chi connectivity index (χ2n) is 8.13. The van der Waals surface area contributed by atoms with Crippen LogP contribution in [0, 0.1) is 5.92 Å². The molecule has 1 atom stereocenters. The van der Waals surface area contributed by atoms with Gasteiger partial charge in [0.05, 0.1) is 18.7 Å². The quantitative estimate of drug-likeness (QED) is 0.783. The molecular formula is C23H29N3O3.